The molecule has 0 aliphatic carbocycles. The first-order valence-electron chi connectivity index (χ1n) is 3.51. The van der Waals surface area contributed by atoms with Gasteiger partial charge in [-0.1, -0.05) is 18.7 Å². The Labute approximate surface area is 72.4 Å². The molecular formula is C10H10O2. The van der Waals surface area contributed by atoms with Crippen LogP contribution in [0.25, 0.3) is 6.08 Å². The predicted molar refractivity (Wildman–Crippen MR) is 47.1 cm³/mol. The lowest BCUT2D eigenvalue weighted by atomic mass is 10.2. The van der Waals surface area contributed by atoms with E-state index in [9.17, 15) is 0 Å². The number of ether oxygens (including phenoxy) is 2. The van der Waals surface area contributed by atoms with E-state index in [2.05, 4.69) is 6.07 Å². The Kier molecular flexibility index (Phi) is 2.75. The summed E-state index contributed by atoms with van der Waals surface area (Å²) in [5.41, 5.74) is 0.785. The zero-order valence-corrected chi connectivity index (χ0v) is 7.13. The van der Waals surface area contributed by atoms with Crippen LogP contribution in [-0.2, 0) is 0 Å². The highest BCUT2D eigenvalue weighted by Gasteiger charge is 2.02. The van der Waals surface area contributed by atoms with E-state index >= 15 is 0 Å². The van der Waals surface area contributed by atoms with Crippen molar-refractivity contribution in [2.75, 3.05) is 14.2 Å². The molecule has 0 saturated carbocycles. The Hall–Kier alpha value is -1.44. The standard InChI is InChI=1S/C10H10O2/c1-4-8-5-6-9(11-2)10(7-8)12-3/h1,4-6H,2-3H3. The van der Waals surface area contributed by atoms with Crippen LogP contribution in [0.4, 0.5) is 0 Å². The maximum absolute atomic E-state index is 5.31. The van der Waals surface area contributed by atoms with E-state index in [1.807, 2.05) is 0 Å². The van der Waals surface area contributed by atoms with Gasteiger partial charge in [-0.3, -0.25) is 0 Å². The van der Waals surface area contributed by atoms with Crippen LogP contribution >= 0.6 is 0 Å². The quantitative estimate of drug-likeness (QED) is 0.676. The highest BCUT2D eigenvalue weighted by Crippen LogP contribution is 2.26. The SMILES string of the molecule is [CH]=Cc1[c]c(OC)c(OC)cc1. The molecule has 2 heteroatoms. The fourth-order valence-electron chi connectivity index (χ4n) is 0.885. The summed E-state index contributed by atoms with van der Waals surface area (Å²) >= 11 is 0. The van der Waals surface area contributed by atoms with Crippen molar-refractivity contribution < 1.29 is 9.47 Å². The van der Waals surface area contributed by atoms with Crippen LogP contribution in [0.3, 0.4) is 0 Å². The molecule has 0 fully saturated rings. The predicted octanol–water partition coefficient (Wildman–Crippen LogP) is 1.95. The van der Waals surface area contributed by atoms with Crippen LogP contribution in [0.15, 0.2) is 12.1 Å². The smallest absolute Gasteiger partial charge is 0.169 e. The van der Waals surface area contributed by atoms with Crippen molar-refractivity contribution in [1.29, 1.82) is 0 Å². The molecule has 0 amide bonds. The summed E-state index contributed by atoms with van der Waals surface area (Å²) in [6.45, 7) is 5.31. The Balaban J connectivity index is 3.10. The number of hydrogen-bond donors (Lipinski definition) is 0. The largest absolute Gasteiger partial charge is 0.493 e. The second-order valence-corrected chi connectivity index (χ2v) is 2.18. The maximum Gasteiger partial charge on any atom is 0.169 e. The fraction of sp³-hybridized carbons (Fsp3) is 0.200. The molecule has 2 nitrogen and oxygen atoms in total. The van der Waals surface area contributed by atoms with Crippen molar-refractivity contribution >= 4 is 6.08 Å². The molecule has 1 aromatic rings. The van der Waals surface area contributed by atoms with Crippen molar-refractivity contribution in [3.05, 3.63) is 30.3 Å². The average Bonchev–Trinajstić information content (AvgIpc) is 2.16. The molecule has 1 aromatic carbocycles. The second-order valence-electron chi connectivity index (χ2n) is 2.18. The highest BCUT2D eigenvalue weighted by molar-refractivity contribution is 5.52. The van der Waals surface area contributed by atoms with E-state index < -0.39 is 0 Å². The van der Waals surface area contributed by atoms with Crippen molar-refractivity contribution in [2.45, 2.75) is 0 Å². The minimum atomic E-state index is 0.566. The van der Waals surface area contributed by atoms with Crippen molar-refractivity contribution in [3.8, 4) is 11.5 Å². The lowest BCUT2D eigenvalue weighted by Gasteiger charge is -2.06. The summed E-state index contributed by atoms with van der Waals surface area (Å²) in [7, 11) is 3.15. The molecule has 12 heavy (non-hydrogen) atoms. The van der Waals surface area contributed by atoms with Gasteiger partial charge in [0.2, 0.25) is 0 Å². The van der Waals surface area contributed by atoms with Gasteiger partial charge < -0.3 is 9.47 Å². The summed E-state index contributed by atoms with van der Waals surface area (Å²) in [4.78, 5) is 0. The number of benzene rings is 1. The Morgan fingerprint density at radius 2 is 2.08 bits per heavy atom. The van der Waals surface area contributed by atoms with E-state index in [1.54, 1.807) is 26.4 Å². The maximum atomic E-state index is 5.31. The number of methoxy groups -OCH3 is 2. The first-order valence-corrected chi connectivity index (χ1v) is 3.51. The zero-order chi connectivity index (χ0) is 8.97. The van der Waals surface area contributed by atoms with Gasteiger partial charge in [0, 0.05) is 6.07 Å². The zero-order valence-electron chi connectivity index (χ0n) is 7.13. The molecule has 0 spiro atoms. The van der Waals surface area contributed by atoms with Crippen LogP contribution in [-0.4, -0.2) is 14.2 Å². The molecule has 0 aliphatic rings. The summed E-state index contributed by atoms with van der Waals surface area (Å²) < 4.78 is 10.0. The van der Waals surface area contributed by atoms with Gasteiger partial charge in [0.25, 0.3) is 0 Å². The van der Waals surface area contributed by atoms with Gasteiger partial charge in [-0.2, -0.15) is 0 Å². The first kappa shape index (κ1) is 8.65. The minimum absolute atomic E-state index is 0.566. The highest BCUT2D eigenvalue weighted by atomic mass is 16.5. The molecule has 0 aliphatic heterocycles. The molecule has 0 bridgehead atoms. The van der Waals surface area contributed by atoms with Gasteiger partial charge in [0.15, 0.2) is 11.5 Å². The third kappa shape index (κ3) is 1.59. The summed E-state index contributed by atoms with van der Waals surface area (Å²) in [5, 5.41) is 0. The Morgan fingerprint density at radius 1 is 1.33 bits per heavy atom. The van der Waals surface area contributed by atoms with E-state index in [1.165, 1.54) is 6.08 Å². The lowest BCUT2D eigenvalue weighted by molar-refractivity contribution is 0.354. The van der Waals surface area contributed by atoms with Gasteiger partial charge in [-0.15, -0.1) is 0 Å². The van der Waals surface area contributed by atoms with Crippen LogP contribution in [0, 0.1) is 12.6 Å². The van der Waals surface area contributed by atoms with Gasteiger partial charge in [0.05, 0.1) is 14.2 Å². The summed E-state index contributed by atoms with van der Waals surface area (Å²) in [6, 6.07) is 6.53. The van der Waals surface area contributed by atoms with Crippen molar-refractivity contribution in [1.82, 2.24) is 0 Å². The molecular weight excluding hydrogens is 152 g/mol. The topological polar surface area (TPSA) is 18.5 Å². The monoisotopic (exact) mass is 162 g/mol. The molecule has 0 heterocycles. The second kappa shape index (κ2) is 3.81. The molecule has 0 saturated heterocycles. The minimum Gasteiger partial charge on any atom is -0.493 e. The summed E-state index contributed by atoms with van der Waals surface area (Å²) in [6.07, 6.45) is 1.46. The van der Waals surface area contributed by atoms with Gasteiger partial charge in [-0.25, -0.2) is 0 Å². The van der Waals surface area contributed by atoms with Crippen molar-refractivity contribution in [2.24, 2.45) is 0 Å². The normalized spacial score (nSPS) is 9.17. The summed E-state index contributed by atoms with van der Waals surface area (Å²) in [5.74, 6) is 1.22. The molecule has 0 atom stereocenters. The lowest BCUT2D eigenvalue weighted by Crippen LogP contribution is -1.90. The fourth-order valence-corrected chi connectivity index (χ4v) is 0.885. The van der Waals surface area contributed by atoms with E-state index in [0.717, 1.165) is 5.56 Å². The van der Waals surface area contributed by atoms with Crippen LogP contribution in [0.2, 0.25) is 0 Å². The molecule has 1 rings (SSSR count). The molecule has 0 unspecified atom stereocenters. The van der Waals surface area contributed by atoms with Crippen molar-refractivity contribution in [3.63, 3.8) is 0 Å². The van der Waals surface area contributed by atoms with Gasteiger partial charge in [0.1, 0.15) is 0 Å². The van der Waals surface area contributed by atoms with Gasteiger partial charge >= 0.3 is 0 Å². The van der Waals surface area contributed by atoms with E-state index in [0.29, 0.717) is 11.5 Å². The third-order valence-electron chi connectivity index (χ3n) is 1.50. The van der Waals surface area contributed by atoms with Crippen LogP contribution < -0.4 is 9.47 Å². The van der Waals surface area contributed by atoms with Gasteiger partial charge in [-0.05, 0) is 11.6 Å². The number of hydrogen-bond acceptors (Lipinski definition) is 2. The molecule has 2 radical (unpaired) electrons. The molecule has 62 valence electrons. The Morgan fingerprint density at radius 3 is 2.58 bits per heavy atom. The molecule has 0 N–H and O–H groups in total. The van der Waals surface area contributed by atoms with Crippen LogP contribution in [0.5, 0.6) is 11.5 Å². The third-order valence-corrected chi connectivity index (χ3v) is 1.50. The molecule has 0 aromatic heterocycles. The Bertz CT molecular complexity index is 279. The average molecular weight is 162 g/mol. The van der Waals surface area contributed by atoms with Crippen LogP contribution in [0.1, 0.15) is 5.56 Å². The van der Waals surface area contributed by atoms with E-state index in [-0.39, 0.29) is 0 Å². The van der Waals surface area contributed by atoms with E-state index in [4.69, 9.17) is 16.1 Å². The number of rotatable bonds is 3. The first-order chi connectivity index (χ1) is 5.81.